The number of carbonyl (C=O) groups is 1. The minimum absolute atomic E-state index is 0.153. The third-order valence-corrected chi connectivity index (χ3v) is 2.98. The van der Waals surface area contributed by atoms with E-state index in [-0.39, 0.29) is 6.42 Å². The Bertz CT molecular complexity index is 516. The fourth-order valence-corrected chi connectivity index (χ4v) is 1.44. The van der Waals surface area contributed by atoms with Crippen molar-refractivity contribution in [1.29, 1.82) is 0 Å². The Hall–Kier alpha value is -1.85. The van der Waals surface area contributed by atoms with Crippen molar-refractivity contribution in [2.45, 2.75) is 38.9 Å². The van der Waals surface area contributed by atoms with E-state index in [4.69, 9.17) is 0 Å². The molecule has 6 heteroatoms. The van der Waals surface area contributed by atoms with Gasteiger partial charge in [-0.15, -0.1) is 0 Å². The minimum Gasteiger partial charge on any atom is -0.294 e. The number of halogens is 3. The van der Waals surface area contributed by atoms with E-state index in [0.29, 0.717) is 5.56 Å². The van der Waals surface area contributed by atoms with Crippen molar-refractivity contribution in [3.63, 3.8) is 0 Å². The number of Topliss-reactive ketones (excluding diaryl/α,β-unsaturated/α-hetero) is 1. The average Bonchev–Trinajstić information content (AvgIpc) is 2.36. The van der Waals surface area contributed by atoms with Crippen molar-refractivity contribution in [3.05, 3.63) is 35.9 Å². The van der Waals surface area contributed by atoms with Crippen LogP contribution in [-0.4, -0.2) is 35.3 Å². The average molecular weight is 300 g/mol. The number of ketones is 1. The van der Waals surface area contributed by atoms with Gasteiger partial charge in [-0.25, -0.2) is 0 Å². The molecule has 0 saturated heterocycles. The van der Waals surface area contributed by atoms with E-state index in [1.165, 1.54) is 5.01 Å². The lowest BCUT2D eigenvalue weighted by Crippen LogP contribution is -2.39. The Morgan fingerprint density at radius 1 is 1.14 bits per heavy atom. The van der Waals surface area contributed by atoms with Crippen LogP contribution in [0.5, 0.6) is 0 Å². The summed E-state index contributed by atoms with van der Waals surface area (Å²) in [5, 5.41) is 5.26. The summed E-state index contributed by atoms with van der Waals surface area (Å²) in [6, 6.07) is 8.50. The zero-order valence-corrected chi connectivity index (χ0v) is 12.5. The van der Waals surface area contributed by atoms with Gasteiger partial charge in [0.25, 0.3) is 5.78 Å². The molecule has 0 unspecified atom stereocenters. The number of hydrogen-bond donors (Lipinski definition) is 0. The topological polar surface area (TPSA) is 32.7 Å². The highest BCUT2D eigenvalue weighted by Crippen LogP contribution is 2.20. The molecule has 116 valence electrons. The first-order chi connectivity index (χ1) is 9.51. The summed E-state index contributed by atoms with van der Waals surface area (Å²) >= 11 is 0. The zero-order chi connectivity index (χ0) is 16.3. The second kappa shape index (κ2) is 6.28. The molecular weight excluding hydrogens is 281 g/mol. The standard InChI is InChI=1S/C15H19F3N2O/c1-14(2,3)20(4)19-12(13(21)15(16,17)18)10-11-8-6-5-7-9-11/h5-9H,10H2,1-4H3/b19-12+. The number of hydrazone groups is 1. The summed E-state index contributed by atoms with van der Waals surface area (Å²) in [6.45, 7) is 5.40. The molecule has 0 aliphatic rings. The van der Waals surface area contributed by atoms with Crippen LogP contribution in [0, 0.1) is 0 Å². The van der Waals surface area contributed by atoms with Gasteiger partial charge in [-0.2, -0.15) is 18.3 Å². The highest BCUT2D eigenvalue weighted by atomic mass is 19.4. The number of carbonyl (C=O) groups excluding carboxylic acids is 1. The van der Waals surface area contributed by atoms with Gasteiger partial charge in [-0.1, -0.05) is 30.3 Å². The van der Waals surface area contributed by atoms with Crippen LogP contribution in [0.2, 0.25) is 0 Å². The van der Waals surface area contributed by atoms with Crippen molar-refractivity contribution in [1.82, 2.24) is 5.01 Å². The SMILES string of the molecule is CN(/N=C(\Cc1ccccc1)C(=O)C(F)(F)F)C(C)(C)C. The number of alkyl halides is 3. The summed E-state index contributed by atoms with van der Waals surface area (Å²) in [4.78, 5) is 11.5. The summed E-state index contributed by atoms with van der Waals surface area (Å²) in [5.41, 5.74) is -0.379. The molecule has 0 saturated carbocycles. The lowest BCUT2D eigenvalue weighted by molar-refractivity contribution is -0.163. The molecule has 1 rings (SSSR count). The van der Waals surface area contributed by atoms with E-state index >= 15 is 0 Å². The first-order valence-electron chi connectivity index (χ1n) is 6.48. The molecular formula is C15H19F3N2O. The fraction of sp³-hybridized carbons (Fsp3) is 0.467. The Morgan fingerprint density at radius 3 is 2.10 bits per heavy atom. The van der Waals surface area contributed by atoms with Crippen molar-refractivity contribution in [3.8, 4) is 0 Å². The van der Waals surface area contributed by atoms with Gasteiger partial charge in [0.15, 0.2) is 0 Å². The third-order valence-electron chi connectivity index (χ3n) is 2.98. The monoisotopic (exact) mass is 300 g/mol. The molecule has 0 aliphatic heterocycles. The van der Waals surface area contributed by atoms with Crippen LogP contribution < -0.4 is 0 Å². The quantitative estimate of drug-likeness (QED) is 0.630. The minimum atomic E-state index is -4.92. The third kappa shape index (κ3) is 5.21. The predicted octanol–water partition coefficient (Wildman–Crippen LogP) is 3.45. The van der Waals surface area contributed by atoms with Gasteiger partial charge in [0.1, 0.15) is 5.71 Å². The Kier molecular flexibility index (Phi) is 5.15. The van der Waals surface area contributed by atoms with E-state index in [2.05, 4.69) is 5.10 Å². The summed E-state index contributed by atoms with van der Waals surface area (Å²) in [7, 11) is 1.55. The van der Waals surface area contributed by atoms with E-state index in [1.807, 2.05) is 0 Å². The van der Waals surface area contributed by atoms with E-state index in [0.717, 1.165) is 0 Å². The van der Waals surface area contributed by atoms with Crippen LogP contribution in [0.15, 0.2) is 35.4 Å². The van der Waals surface area contributed by atoms with Crippen LogP contribution in [0.1, 0.15) is 26.3 Å². The normalized spacial score (nSPS) is 13.2. The van der Waals surface area contributed by atoms with Gasteiger partial charge < -0.3 is 0 Å². The lowest BCUT2D eigenvalue weighted by atomic mass is 10.1. The molecule has 0 spiro atoms. The Balaban J connectivity index is 3.12. The van der Waals surface area contributed by atoms with Crippen LogP contribution in [0.3, 0.4) is 0 Å². The zero-order valence-electron chi connectivity index (χ0n) is 12.5. The number of rotatable bonds is 4. The molecule has 21 heavy (non-hydrogen) atoms. The van der Waals surface area contributed by atoms with Gasteiger partial charge in [0, 0.05) is 19.0 Å². The summed E-state index contributed by atoms with van der Waals surface area (Å²) in [5.74, 6) is -1.90. The highest BCUT2D eigenvalue weighted by molar-refractivity contribution is 6.42. The van der Waals surface area contributed by atoms with Crippen molar-refractivity contribution in [2.75, 3.05) is 7.05 Å². The molecule has 0 bridgehead atoms. The van der Waals surface area contributed by atoms with E-state index in [9.17, 15) is 18.0 Å². The second-order valence-corrected chi connectivity index (χ2v) is 5.73. The lowest BCUT2D eigenvalue weighted by Gasteiger charge is -2.30. The van der Waals surface area contributed by atoms with Crippen LogP contribution in [0.25, 0.3) is 0 Å². The van der Waals surface area contributed by atoms with E-state index < -0.39 is 23.2 Å². The first kappa shape index (κ1) is 17.2. The summed E-state index contributed by atoms with van der Waals surface area (Å²) in [6.07, 6.45) is -5.08. The maximum absolute atomic E-state index is 12.7. The molecule has 0 aliphatic carbocycles. The van der Waals surface area contributed by atoms with Crippen LogP contribution in [-0.2, 0) is 11.2 Å². The number of hydrogen-bond acceptors (Lipinski definition) is 3. The van der Waals surface area contributed by atoms with Crippen molar-refractivity contribution < 1.29 is 18.0 Å². The van der Waals surface area contributed by atoms with Crippen molar-refractivity contribution >= 4 is 11.5 Å². The first-order valence-corrected chi connectivity index (χ1v) is 6.48. The Morgan fingerprint density at radius 2 is 1.67 bits per heavy atom. The molecule has 0 N–H and O–H groups in total. The van der Waals surface area contributed by atoms with Crippen molar-refractivity contribution in [2.24, 2.45) is 5.10 Å². The second-order valence-electron chi connectivity index (χ2n) is 5.73. The molecule has 0 fully saturated rings. The summed E-state index contributed by atoms with van der Waals surface area (Å²) < 4.78 is 38.1. The highest BCUT2D eigenvalue weighted by Gasteiger charge is 2.42. The number of benzene rings is 1. The van der Waals surface area contributed by atoms with Crippen LogP contribution >= 0.6 is 0 Å². The molecule has 1 aromatic rings. The molecule has 0 atom stereocenters. The smallest absolute Gasteiger partial charge is 0.294 e. The molecule has 3 nitrogen and oxygen atoms in total. The fourth-order valence-electron chi connectivity index (χ4n) is 1.44. The maximum atomic E-state index is 12.7. The molecule has 1 aromatic carbocycles. The van der Waals surface area contributed by atoms with Gasteiger partial charge in [0.05, 0.1) is 0 Å². The molecule has 0 aromatic heterocycles. The van der Waals surface area contributed by atoms with Gasteiger partial charge in [-0.05, 0) is 26.3 Å². The maximum Gasteiger partial charge on any atom is 0.456 e. The van der Waals surface area contributed by atoms with Crippen LogP contribution in [0.4, 0.5) is 13.2 Å². The molecule has 0 heterocycles. The predicted molar refractivity (Wildman–Crippen MR) is 76.2 cm³/mol. The molecule has 0 amide bonds. The Labute approximate surface area is 122 Å². The molecule has 0 radical (unpaired) electrons. The van der Waals surface area contributed by atoms with Gasteiger partial charge in [-0.3, -0.25) is 9.80 Å². The van der Waals surface area contributed by atoms with Gasteiger partial charge in [0.2, 0.25) is 0 Å². The largest absolute Gasteiger partial charge is 0.456 e. The van der Waals surface area contributed by atoms with Gasteiger partial charge >= 0.3 is 6.18 Å². The number of nitrogens with zero attached hydrogens (tertiary/aromatic N) is 2. The van der Waals surface area contributed by atoms with E-state index in [1.54, 1.807) is 58.2 Å².